The molecule has 0 aromatic carbocycles. The summed E-state index contributed by atoms with van der Waals surface area (Å²) < 4.78 is 0. The first-order valence-electron chi connectivity index (χ1n) is 7.09. The van der Waals surface area contributed by atoms with E-state index in [-0.39, 0.29) is 6.04 Å². The molecule has 1 N–H and O–H groups in total. The van der Waals surface area contributed by atoms with Crippen molar-refractivity contribution in [2.75, 3.05) is 6.54 Å². The van der Waals surface area contributed by atoms with Crippen molar-refractivity contribution in [3.05, 3.63) is 26.9 Å². The van der Waals surface area contributed by atoms with Crippen molar-refractivity contribution in [3.8, 4) is 10.6 Å². The molecule has 2 aromatic heterocycles. The van der Waals surface area contributed by atoms with Gasteiger partial charge in [0.1, 0.15) is 6.04 Å². The van der Waals surface area contributed by atoms with Gasteiger partial charge in [-0.2, -0.15) is 0 Å². The first-order chi connectivity index (χ1) is 10.1. The summed E-state index contributed by atoms with van der Waals surface area (Å²) in [7, 11) is 0. The molecule has 2 aromatic rings. The van der Waals surface area contributed by atoms with Crippen LogP contribution in [0.3, 0.4) is 0 Å². The molecule has 0 aliphatic carbocycles. The molecule has 0 fully saturated rings. The molecule has 1 aliphatic rings. The molecule has 4 nitrogen and oxygen atoms in total. The van der Waals surface area contributed by atoms with Gasteiger partial charge in [0.25, 0.3) is 0 Å². The monoisotopic (exact) mass is 322 g/mol. The fourth-order valence-electron chi connectivity index (χ4n) is 2.81. The average Bonchev–Trinajstić information content (AvgIpc) is 3.04. The van der Waals surface area contributed by atoms with Crippen molar-refractivity contribution in [2.24, 2.45) is 0 Å². The van der Waals surface area contributed by atoms with Gasteiger partial charge in [0.05, 0.1) is 15.6 Å². The van der Waals surface area contributed by atoms with E-state index in [4.69, 9.17) is 0 Å². The van der Waals surface area contributed by atoms with Crippen molar-refractivity contribution in [3.63, 3.8) is 0 Å². The molecule has 3 heterocycles. The number of nitrogens with zero attached hydrogens (tertiary/aromatic N) is 2. The van der Waals surface area contributed by atoms with Gasteiger partial charge in [-0.3, -0.25) is 9.69 Å². The van der Waals surface area contributed by atoms with E-state index < -0.39 is 5.97 Å². The predicted octanol–water partition coefficient (Wildman–Crippen LogP) is 3.40. The summed E-state index contributed by atoms with van der Waals surface area (Å²) in [6.45, 7) is 5.52. The molecule has 3 rings (SSSR count). The zero-order valence-electron chi connectivity index (χ0n) is 12.1. The largest absolute Gasteiger partial charge is 0.480 e. The van der Waals surface area contributed by atoms with E-state index in [1.54, 1.807) is 22.7 Å². The predicted molar refractivity (Wildman–Crippen MR) is 86.0 cm³/mol. The van der Waals surface area contributed by atoms with Gasteiger partial charge in [0, 0.05) is 23.3 Å². The molecule has 0 radical (unpaired) electrons. The molecule has 1 aliphatic heterocycles. The van der Waals surface area contributed by atoms with Gasteiger partial charge >= 0.3 is 5.97 Å². The summed E-state index contributed by atoms with van der Waals surface area (Å²) in [5.74, 6) is -0.716. The Balaban J connectivity index is 1.83. The van der Waals surface area contributed by atoms with Gasteiger partial charge < -0.3 is 5.11 Å². The summed E-state index contributed by atoms with van der Waals surface area (Å²) in [6, 6.07) is 1.82. The van der Waals surface area contributed by atoms with E-state index in [9.17, 15) is 9.90 Å². The highest BCUT2D eigenvalue weighted by Gasteiger charge is 2.28. The quantitative estimate of drug-likeness (QED) is 0.937. The van der Waals surface area contributed by atoms with Crippen LogP contribution in [0.15, 0.2) is 11.4 Å². The first kappa shape index (κ1) is 14.7. The highest BCUT2D eigenvalue weighted by Crippen LogP contribution is 2.35. The van der Waals surface area contributed by atoms with Gasteiger partial charge in [-0.25, -0.2) is 4.98 Å². The maximum atomic E-state index is 11.3. The fraction of sp³-hybridized carbons (Fsp3) is 0.467. The van der Waals surface area contributed by atoms with Gasteiger partial charge in [-0.05, 0) is 31.4 Å². The lowest BCUT2D eigenvalue weighted by atomic mass is 10.1. The lowest BCUT2D eigenvalue weighted by Gasteiger charge is -2.31. The maximum Gasteiger partial charge on any atom is 0.320 e. The third kappa shape index (κ3) is 2.88. The second-order valence-corrected chi connectivity index (χ2v) is 7.49. The van der Waals surface area contributed by atoms with Crippen molar-refractivity contribution >= 4 is 28.6 Å². The topological polar surface area (TPSA) is 53.4 Å². The van der Waals surface area contributed by atoms with Crippen molar-refractivity contribution in [1.29, 1.82) is 0 Å². The zero-order valence-corrected chi connectivity index (χ0v) is 13.8. The summed E-state index contributed by atoms with van der Waals surface area (Å²) >= 11 is 3.47. The van der Waals surface area contributed by atoms with E-state index in [2.05, 4.69) is 21.3 Å². The Morgan fingerprint density at radius 1 is 1.57 bits per heavy atom. The Labute approximate surface area is 132 Å². The van der Waals surface area contributed by atoms with Gasteiger partial charge in [-0.1, -0.05) is 6.92 Å². The minimum absolute atomic E-state index is 0.372. The van der Waals surface area contributed by atoms with Gasteiger partial charge in [0.2, 0.25) is 0 Å². The lowest BCUT2D eigenvalue weighted by molar-refractivity contribution is -0.143. The Morgan fingerprint density at radius 2 is 2.38 bits per heavy atom. The zero-order chi connectivity index (χ0) is 15.0. The second kappa shape index (κ2) is 5.87. The third-order valence-electron chi connectivity index (χ3n) is 3.88. The number of rotatable bonds is 4. The fourth-order valence-corrected chi connectivity index (χ4v) is 4.62. The maximum absolute atomic E-state index is 11.3. The highest BCUT2D eigenvalue weighted by atomic mass is 32.1. The van der Waals surface area contributed by atoms with Crippen LogP contribution < -0.4 is 0 Å². The smallest absolute Gasteiger partial charge is 0.320 e. The number of aromatic nitrogens is 1. The van der Waals surface area contributed by atoms with Crippen LogP contribution in [0.2, 0.25) is 0 Å². The summed E-state index contributed by atoms with van der Waals surface area (Å²) in [6.07, 6.45) is 1.58. The van der Waals surface area contributed by atoms with Crippen LogP contribution in [0.5, 0.6) is 0 Å². The number of carboxylic acid groups (broad SMARTS) is 1. The average molecular weight is 322 g/mol. The number of thiazole rings is 1. The standard InChI is InChI=1S/C15H18N2O2S2/c1-3-12(15(18)19)17-5-4-13-10(7-17)6-14(21-13)11-8-20-9(2)16-11/h6,8,12H,3-5,7H2,1-2H3,(H,18,19). The number of aliphatic carboxylic acids is 1. The summed E-state index contributed by atoms with van der Waals surface area (Å²) in [5, 5.41) is 12.5. The molecule has 0 saturated carbocycles. The molecule has 0 spiro atoms. The van der Waals surface area contributed by atoms with Crippen LogP contribution in [-0.2, 0) is 17.8 Å². The lowest BCUT2D eigenvalue weighted by Crippen LogP contribution is -2.43. The van der Waals surface area contributed by atoms with E-state index in [1.165, 1.54) is 15.3 Å². The number of hydrogen-bond donors (Lipinski definition) is 1. The van der Waals surface area contributed by atoms with Crippen LogP contribution in [-0.4, -0.2) is 33.5 Å². The van der Waals surface area contributed by atoms with E-state index in [0.717, 1.165) is 30.2 Å². The molecule has 0 saturated heterocycles. The van der Waals surface area contributed by atoms with E-state index in [1.807, 2.05) is 13.8 Å². The summed E-state index contributed by atoms with van der Waals surface area (Å²) in [5.41, 5.74) is 2.32. The van der Waals surface area contributed by atoms with Crippen molar-refractivity contribution in [2.45, 2.75) is 39.3 Å². The van der Waals surface area contributed by atoms with Crippen LogP contribution in [0.25, 0.3) is 10.6 Å². The molecule has 6 heteroatoms. The van der Waals surface area contributed by atoms with Gasteiger partial charge in [0.15, 0.2) is 0 Å². The van der Waals surface area contributed by atoms with Crippen LogP contribution >= 0.6 is 22.7 Å². The molecule has 0 bridgehead atoms. The van der Waals surface area contributed by atoms with Crippen LogP contribution in [0.4, 0.5) is 0 Å². The van der Waals surface area contributed by atoms with Gasteiger partial charge in [-0.15, -0.1) is 22.7 Å². The number of thiophene rings is 1. The molecule has 1 unspecified atom stereocenters. The highest BCUT2D eigenvalue weighted by molar-refractivity contribution is 7.16. The second-order valence-electron chi connectivity index (χ2n) is 5.29. The third-order valence-corrected chi connectivity index (χ3v) is 5.91. The van der Waals surface area contributed by atoms with Crippen molar-refractivity contribution in [1.82, 2.24) is 9.88 Å². The number of aryl methyl sites for hydroxylation is 1. The Hall–Kier alpha value is -1.24. The number of carboxylic acids is 1. The molecule has 112 valence electrons. The molecule has 21 heavy (non-hydrogen) atoms. The van der Waals surface area contributed by atoms with Crippen LogP contribution in [0.1, 0.15) is 28.8 Å². The minimum atomic E-state index is -0.716. The number of fused-ring (bicyclic) bond motifs is 1. The Bertz CT molecular complexity index is 662. The van der Waals surface area contributed by atoms with E-state index in [0.29, 0.717) is 6.42 Å². The normalized spacial score (nSPS) is 16.7. The Morgan fingerprint density at radius 3 is 3.00 bits per heavy atom. The molecule has 0 amide bonds. The summed E-state index contributed by atoms with van der Waals surface area (Å²) in [4.78, 5) is 20.5. The minimum Gasteiger partial charge on any atom is -0.480 e. The first-order valence-corrected chi connectivity index (χ1v) is 8.79. The SMILES string of the molecule is CCC(C(=O)O)N1CCc2sc(-c3csc(C)n3)cc2C1. The molecular formula is C15H18N2O2S2. The van der Waals surface area contributed by atoms with E-state index >= 15 is 0 Å². The van der Waals surface area contributed by atoms with Crippen LogP contribution in [0, 0.1) is 6.92 Å². The Kier molecular flexibility index (Phi) is 4.10. The number of hydrogen-bond acceptors (Lipinski definition) is 5. The molecular weight excluding hydrogens is 304 g/mol. The van der Waals surface area contributed by atoms with Crippen molar-refractivity contribution < 1.29 is 9.90 Å². The molecule has 1 atom stereocenters. The number of carbonyl (C=O) groups is 1.